The van der Waals surface area contributed by atoms with Crippen molar-refractivity contribution in [3.05, 3.63) is 52.8 Å². The number of carboxylic acids is 1. The number of benzene rings is 1. The summed E-state index contributed by atoms with van der Waals surface area (Å²) >= 11 is 0. The van der Waals surface area contributed by atoms with Gasteiger partial charge in [-0.15, -0.1) is 0 Å². The van der Waals surface area contributed by atoms with Crippen LogP contribution in [0.3, 0.4) is 0 Å². The highest BCUT2D eigenvalue weighted by atomic mass is 19.4. The Morgan fingerprint density at radius 3 is 2.40 bits per heavy atom. The fraction of sp³-hybridized carbons (Fsp3) is 0.571. The summed E-state index contributed by atoms with van der Waals surface area (Å²) in [5.41, 5.74) is 1.25. The quantitative estimate of drug-likeness (QED) is 0.536. The average Bonchev–Trinajstić information content (AvgIpc) is 3.20. The maximum Gasteiger partial charge on any atom is 0.416 e. The molecule has 4 heterocycles. The molecule has 220 valence electrons. The number of hydrogen-bond donors (Lipinski definition) is 1. The van der Waals surface area contributed by atoms with Gasteiger partial charge < -0.3 is 19.6 Å². The van der Waals surface area contributed by atoms with E-state index in [0.29, 0.717) is 23.3 Å². The SMILES string of the molecule is CN1C2CCCC1CC(C(=O)O)C2.CN1CCCn2nc(C=O)cc2C1.O=COCc1cccc(C(F)(F)F)c1. The van der Waals surface area contributed by atoms with Crippen molar-refractivity contribution in [2.75, 3.05) is 20.6 Å². The average molecular weight is 567 g/mol. The van der Waals surface area contributed by atoms with Crippen LogP contribution in [0.25, 0.3) is 0 Å². The molecule has 2 saturated heterocycles. The second kappa shape index (κ2) is 14.4. The van der Waals surface area contributed by atoms with E-state index in [2.05, 4.69) is 33.7 Å². The Bertz CT molecular complexity index is 1130. The molecule has 9 nitrogen and oxygen atoms in total. The van der Waals surface area contributed by atoms with Crippen molar-refractivity contribution in [2.45, 2.75) is 76.5 Å². The summed E-state index contributed by atoms with van der Waals surface area (Å²) in [6.07, 6.45) is 2.94. The van der Waals surface area contributed by atoms with E-state index in [0.717, 1.165) is 63.0 Å². The third-order valence-corrected chi connectivity index (χ3v) is 7.61. The van der Waals surface area contributed by atoms with Crippen LogP contribution in [0.1, 0.15) is 65.8 Å². The van der Waals surface area contributed by atoms with Gasteiger partial charge in [-0.2, -0.15) is 18.3 Å². The molecule has 0 radical (unpaired) electrons. The summed E-state index contributed by atoms with van der Waals surface area (Å²) in [6.45, 7) is 2.96. The van der Waals surface area contributed by atoms with Crippen molar-refractivity contribution >= 4 is 18.7 Å². The van der Waals surface area contributed by atoms with Gasteiger partial charge in [-0.1, -0.05) is 18.6 Å². The molecule has 1 aromatic heterocycles. The van der Waals surface area contributed by atoms with Gasteiger partial charge in [0, 0.05) is 31.7 Å². The Kier molecular flexibility index (Phi) is 11.3. The first-order chi connectivity index (χ1) is 19.0. The molecule has 0 saturated carbocycles. The van der Waals surface area contributed by atoms with Crippen LogP contribution in [-0.2, 0) is 40.2 Å². The first-order valence-corrected chi connectivity index (χ1v) is 13.4. The van der Waals surface area contributed by atoms with Crippen LogP contribution in [0.2, 0.25) is 0 Å². The van der Waals surface area contributed by atoms with Gasteiger partial charge in [0.25, 0.3) is 6.47 Å². The Balaban J connectivity index is 0.000000165. The Morgan fingerprint density at radius 2 is 1.80 bits per heavy atom. The number of alkyl halides is 3. The van der Waals surface area contributed by atoms with Gasteiger partial charge in [0.15, 0.2) is 6.29 Å². The topological polar surface area (TPSA) is 105 Å². The smallest absolute Gasteiger partial charge is 0.416 e. The van der Waals surface area contributed by atoms with Crippen LogP contribution in [0.4, 0.5) is 13.2 Å². The summed E-state index contributed by atoms with van der Waals surface area (Å²) in [5.74, 6) is -0.670. The number of carbonyl (C=O) groups excluding carboxylic acids is 2. The lowest BCUT2D eigenvalue weighted by Crippen LogP contribution is -2.50. The number of carboxylic acid groups (broad SMARTS) is 1. The number of hydrogen-bond acceptors (Lipinski definition) is 7. The molecular weight excluding hydrogens is 529 g/mol. The largest absolute Gasteiger partial charge is 0.481 e. The van der Waals surface area contributed by atoms with Gasteiger partial charge in [0.2, 0.25) is 0 Å². The van der Waals surface area contributed by atoms with Crippen LogP contribution in [0.5, 0.6) is 0 Å². The van der Waals surface area contributed by atoms with E-state index >= 15 is 0 Å². The second-order valence-electron chi connectivity index (χ2n) is 10.5. The predicted molar refractivity (Wildman–Crippen MR) is 140 cm³/mol. The van der Waals surface area contributed by atoms with Gasteiger partial charge in [0.05, 0.1) is 17.2 Å². The normalized spacial score (nSPS) is 22.8. The molecule has 2 unspecified atom stereocenters. The summed E-state index contributed by atoms with van der Waals surface area (Å²) < 4.78 is 42.8. The number of aromatic nitrogens is 2. The molecule has 3 aliphatic rings. The van der Waals surface area contributed by atoms with Crippen LogP contribution in [0.15, 0.2) is 30.3 Å². The number of ether oxygens (including phenoxy) is 1. The maximum absolute atomic E-state index is 12.2. The van der Waals surface area contributed by atoms with E-state index in [-0.39, 0.29) is 19.0 Å². The fourth-order valence-electron chi connectivity index (χ4n) is 5.49. The van der Waals surface area contributed by atoms with Crippen molar-refractivity contribution in [1.29, 1.82) is 0 Å². The van der Waals surface area contributed by atoms with Gasteiger partial charge in [-0.3, -0.25) is 19.1 Å². The minimum absolute atomic E-state index is 0.0773. The van der Waals surface area contributed by atoms with Crippen LogP contribution in [-0.4, -0.2) is 76.1 Å². The van der Waals surface area contributed by atoms with Crippen molar-refractivity contribution in [3.63, 3.8) is 0 Å². The molecule has 0 spiro atoms. The van der Waals surface area contributed by atoms with E-state index < -0.39 is 17.7 Å². The molecule has 40 heavy (non-hydrogen) atoms. The molecule has 2 atom stereocenters. The van der Waals surface area contributed by atoms with E-state index in [9.17, 15) is 27.6 Å². The number of fused-ring (bicyclic) bond motifs is 3. The number of carbonyl (C=O) groups is 3. The highest BCUT2D eigenvalue weighted by Gasteiger charge is 2.38. The zero-order chi connectivity index (χ0) is 29.3. The number of nitrogens with zero attached hydrogens (tertiary/aromatic N) is 4. The Labute approximate surface area is 231 Å². The van der Waals surface area contributed by atoms with Crippen LogP contribution in [0, 0.1) is 5.92 Å². The lowest BCUT2D eigenvalue weighted by atomic mass is 9.79. The summed E-state index contributed by atoms with van der Waals surface area (Å²) in [7, 11) is 4.23. The van der Waals surface area contributed by atoms with Crippen LogP contribution < -0.4 is 0 Å². The third-order valence-electron chi connectivity index (χ3n) is 7.61. The van der Waals surface area contributed by atoms with E-state index in [1.807, 2.05) is 10.7 Å². The number of rotatable bonds is 5. The minimum Gasteiger partial charge on any atom is -0.481 e. The van der Waals surface area contributed by atoms with Crippen molar-refractivity contribution in [2.24, 2.45) is 5.92 Å². The van der Waals surface area contributed by atoms with Gasteiger partial charge in [-0.05, 0) is 70.0 Å². The zero-order valence-corrected chi connectivity index (χ0v) is 22.8. The maximum atomic E-state index is 12.2. The fourth-order valence-corrected chi connectivity index (χ4v) is 5.49. The molecular formula is C28H37F3N4O5. The van der Waals surface area contributed by atoms with Crippen molar-refractivity contribution < 1.29 is 37.4 Å². The monoisotopic (exact) mass is 566 g/mol. The minimum atomic E-state index is -4.36. The molecule has 2 fully saturated rings. The first kappa shape index (κ1) is 31.3. The van der Waals surface area contributed by atoms with E-state index in [1.54, 1.807) is 0 Å². The number of halogens is 3. The molecule has 12 heteroatoms. The molecule has 5 rings (SSSR count). The second-order valence-corrected chi connectivity index (χ2v) is 10.5. The van der Waals surface area contributed by atoms with Crippen LogP contribution >= 0.6 is 0 Å². The Morgan fingerprint density at radius 1 is 1.10 bits per heavy atom. The summed E-state index contributed by atoms with van der Waals surface area (Å²) in [4.78, 5) is 35.8. The number of aryl methyl sites for hydroxylation is 1. The lowest BCUT2D eigenvalue weighted by molar-refractivity contribution is -0.145. The molecule has 1 N–H and O–H groups in total. The predicted octanol–water partition coefficient (Wildman–Crippen LogP) is 4.24. The molecule has 2 aromatic rings. The molecule has 2 bridgehead atoms. The zero-order valence-electron chi connectivity index (χ0n) is 22.8. The molecule has 1 aromatic carbocycles. The third kappa shape index (κ3) is 8.88. The standard InChI is InChI=1S/C10H17NO2.C9H7F3O2.C9H13N3O/c1-11-8-3-2-4-9(11)6-7(5-8)10(12)13;10-9(11,12)8-3-1-2-7(4-8)5-14-6-13;1-11-3-2-4-12-9(6-11)5-8(7-13)10-12/h7-9H,2-6H2,1H3,(H,12,13);1-4,6H,5H2;5,7H,2-4,6H2,1H3. The highest BCUT2D eigenvalue weighted by molar-refractivity contribution is 5.71. The lowest BCUT2D eigenvalue weighted by Gasteiger charge is -2.46. The number of aldehydes is 1. The molecule has 0 aliphatic carbocycles. The van der Waals surface area contributed by atoms with Gasteiger partial charge in [0.1, 0.15) is 12.3 Å². The molecule has 0 amide bonds. The summed E-state index contributed by atoms with van der Waals surface area (Å²) in [5, 5.41) is 13.1. The summed E-state index contributed by atoms with van der Waals surface area (Å²) in [6, 6.07) is 7.58. The first-order valence-electron chi connectivity index (χ1n) is 13.4. The molecule has 3 aliphatic heterocycles. The van der Waals surface area contributed by atoms with Gasteiger partial charge >= 0.3 is 12.1 Å². The number of aliphatic carboxylic acids is 1. The van der Waals surface area contributed by atoms with Crippen molar-refractivity contribution in [1.82, 2.24) is 19.6 Å². The van der Waals surface area contributed by atoms with Crippen molar-refractivity contribution in [3.8, 4) is 0 Å². The highest BCUT2D eigenvalue weighted by Crippen LogP contribution is 2.35. The van der Waals surface area contributed by atoms with Gasteiger partial charge in [-0.25, -0.2) is 0 Å². The Hall–Kier alpha value is -3.25. The van der Waals surface area contributed by atoms with E-state index in [4.69, 9.17) is 5.11 Å². The van der Waals surface area contributed by atoms with E-state index in [1.165, 1.54) is 31.4 Å². The number of piperidine rings is 2.